The Hall–Kier alpha value is -3.35. The molecule has 0 radical (unpaired) electrons. The maximum absolute atomic E-state index is 13.4. The monoisotopic (exact) mass is 395 g/mol. The van der Waals surface area contributed by atoms with Gasteiger partial charge in [-0.2, -0.15) is 5.10 Å². The Morgan fingerprint density at radius 3 is 2.66 bits per heavy atom. The first-order valence-electron chi connectivity index (χ1n) is 9.66. The van der Waals surface area contributed by atoms with Gasteiger partial charge in [0.25, 0.3) is 5.91 Å². The Balaban J connectivity index is 1.87. The van der Waals surface area contributed by atoms with Crippen molar-refractivity contribution in [2.75, 3.05) is 13.2 Å². The van der Waals surface area contributed by atoms with E-state index >= 15 is 0 Å². The second-order valence-electron chi connectivity index (χ2n) is 6.93. The SMILES string of the molecule is CCCN1C(=O)c2[nH]nc(-c3ccc(F)cc3)c2[C@H]1c1ccc(O)c(OCC)c1. The van der Waals surface area contributed by atoms with Crippen LogP contribution in [-0.4, -0.2) is 39.3 Å². The molecule has 0 saturated heterocycles. The standard InChI is InChI=1S/C22H22FN3O3/c1-3-11-26-21(14-7-10-16(27)17(12-14)29-4-2)18-19(24-25-20(18)22(26)28)13-5-8-15(23)9-6-13/h5-10,12,21,27H,3-4,11H2,1-2H3,(H,24,25)/t21-/m1/s1. The molecule has 6 nitrogen and oxygen atoms in total. The van der Waals surface area contributed by atoms with Gasteiger partial charge in [-0.25, -0.2) is 4.39 Å². The van der Waals surface area contributed by atoms with E-state index in [1.165, 1.54) is 12.1 Å². The summed E-state index contributed by atoms with van der Waals surface area (Å²) < 4.78 is 18.9. The van der Waals surface area contributed by atoms with Gasteiger partial charge in [0.1, 0.15) is 11.5 Å². The lowest BCUT2D eigenvalue weighted by molar-refractivity contribution is 0.0743. The zero-order chi connectivity index (χ0) is 20.5. The molecule has 2 aromatic carbocycles. The molecule has 1 amide bonds. The topological polar surface area (TPSA) is 78.5 Å². The highest BCUT2D eigenvalue weighted by Crippen LogP contribution is 2.44. The average Bonchev–Trinajstić information content (AvgIpc) is 3.25. The van der Waals surface area contributed by atoms with Crippen molar-refractivity contribution in [1.82, 2.24) is 15.1 Å². The molecular weight excluding hydrogens is 373 g/mol. The summed E-state index contributed by atoms with van der Waals surface area (Å²) in [6, 6.07) is 10.8. The highest BCUT2D eigenvalue weighted by Gasteiger charge is 2.41. The molecule has 0 saturated carbocycles. The number of rotatable bonds is 6. The summed E-state index contributed by atoms with van der Waals surface area (Å²) in [4.78, 5) is 14.9. The van der Waals surface area contributed by atoms with E-state index in [-0.39, 0.29) is 23.5 Å². The van der Waals surface area contributed by atoms with Gasteiger partial charge in [-0.05, 0) is 55.3 Å². The molecule has 2 N–H and O–H groups in total. The molecule has 0 spiro atoms. The number of hydrogen-bond acceptors (Lipinski definition) is 4. The summed E-state index contributed by atoms with van der Waals surface area (Å²) in [6.07, 6.45) is 0.794. The maximum Gasteiger partial charge on any atom is 0.273 e. The number of H-pyrrole nitrogens is 1. The first-order valence-corrected chi connectivity index (χ1v) is 9.66. The minimum absolute atomic E-state index is 0.0492. The lowest BCUT2D eigenvalue weighted by Gasteiger charge is -2.26. The van der Waals surface area contributed by atoms with Crippen LogP contribution in [0.4, 0.5) is 4.39 Å². The van der Waals surface area contributed by atoms with Crippen LogP contribution in [0.15, 0.2) is 42.5 Å². The van der Waals surface area contributed by atoms with E-state index in [2.05, 4.69) is 10.2 Å². The Morgan fingerprint density at radius 1 is 1.21 bits per heavy atom. The highest BCUT2D eigenvalue weighted by atomic mass is 19.1. The van der Waals surface area contributed by atoms with E-state index in [0.29, 0.717) is 30.3 Å². The van der Waals surface area contributed by atoms with E-state index < -0.39 is 0 Å². The lowest BCUT2D eigenvalue weighted by atomic mass is 9.95. The number of aromatic amines is 1. The number of phenolic OH excluding ortho intramolecular Hbond substituents is 1. The predicted molar refractivity (Wildman–Crippen MR) is 106 cm³/mol. The molecule has 2 heterocycles. The summed E-state index contributed by atoms with van der Waals surface area (Å²) in [5, 5.41) is 17.3. The smallest absolute Gasteiger partial charge is 0.273 e. The van der Waals surface area contributed by atoms with Crippen LogP contribution in [0.5, 0.6) is 11.5 Å². The van der Waals surface area contributed by atoms with Crippen molar-refractivity contribution < 1.29 is 19.0 Å². The molecule has 0 fully saturated rings. The fraction of sp³-hybridized carbons (Fsp3) is 0.273. The van der Waals surface area contributed by atoms with Crippen molar-refractivity contribution in [1.29, 1.82) is 0 Å². The van der Waals surface area contributed by atoms with Gasteiger partial charge in [-0.3, -0.25) is 9.89 Å². The van der Waals surface area contributed by atoms with Gasteiger partial charge in [0.2, 0.25) is 0 Å². The fourth-order valence-corrected chi connectivity index (χ4v) is 3.81. The molecule has 1 aliphatic rings. The second-order valence-corrected chi connectivity index (χ2v) is 6.93. The van der Waals surface area contributed by atoms with E-state index in [0.717, 1.165) is 23.1 Å². The highest BCUT2D eigenvalue weighted by molar-refractivity contribution is 6.00. The van der Waals surface area contributed by atoms with E-state index in [4.69, 9.17) is 4.74 Å². The molecule has 3 aromatic rings. The third-order valence-corrected chi connectivity index (χ3v) is 5.05. The average molecular weight is 395 g/mol. The normalized spacial score (nSPS) is 15.6. The third kappa shape index (κ3) is 3.22. The van der Waals surface area contributed by atoms with Crippen LogP contribution >= 0.6 is 0 Å². The number of nitrogens with zero attached hydrogens (tertiary/aromatic N) is 2. The van der Waals surface area contributed by atoms with Crippen molar-refractivity contribution in [3.8, 4) is 22.8 Å². The number of carbonyl (C=O) groups excluding carboxylic acids is 1. The lowest BCUT2D eigenvalue weighted by Crippen LogP contribution is -2.30. The summed E-state index contributed by atoms with van der Waals surface area (Å²) in [5.41, 5.74) is 3.35. The zero-order valence-corrected chi connectivity index (χ0v) is 16.3. The molecule has 4 rings (SSSR count). The second kappa shape index (κ2) is 7.58. The molecule has 7 heteroatoms. The number of aromatic hydroxyl groups is 1. The fourth-order valence-electron chi connectivity index (χ4n) is 3.81. The number of fused-ring (bicyclic) bond motifs is 1. The van der Waals surface area contributed by atoms with Gasteiger partial charge in [0.05, 0.1) is 18.3 Å². The third-order valence-electron chi connectivity index (χ3n) is 5.05. The number of benzene rings is 2. The maximum atomic E-state index is 13.4. The largest absolute Gasteiger partial charge is 0.504 e. The summed E-state index contributed by atoms with van der Waals surface area (Å²) >= 11 is 0. The van der Waals surface area contributed by atoms with Gasteiger partial charge in [-0.1, -0.05) is 13.0 Å². The first-order chi connectivity index (χ1) is 14.0. The van der Waals surface area contributed by atoms with E-state index in [1.54, 1.807) is 35.2 Å². The molecule has 1 aromatic heterocycles. The molecule has 0 unspecified atom stereocenters. The number of aromatic nitrogens is 2. The summed E-state index contributed by atoms with van der Waals surface area (Å²) in [7, 11) is 0. The number of nitrogens with one attached hydrogen (secondary N) is 1. The van der Waals surface area contributed by atoms with Gasteiger partial charge in [0.15, 0.2) is 11.5 Å². The van der Waals surface area contributed by atoms with E-state index in [9.17, 15) is 14.3 Å². The predicted octanol–water partition coefficient (Wildman–Crippen LogP) is 4.28. The van der Waals surface area contributed by atoms with Crippen LogP contribution in [0, 0.1) is 5.82 Å². The number of carbonyl (C=O) groups is 1. The number of hydrogen-bond donors (Lipinski definition) is 2. The molecule has 1 aliphatic heterocycles. The molecule has 150 valence electrons. The minimum Gasteiger partial charge on any atom is -0.504 e. The van der Waals surface area contributed by atoms with Gasteiger partial charge in [0, 0.05) is 17.7 Å². The molecular formula is C22H22FN3O3. The number of ether oxygens (including phenoxy) is 1. The van der Waals surface area contributed by atoms with Crippen molar-refractivity contribution in [3.63, 3.8) is 0 Å². The Kier molecular flexibility index (Phi) is 4.96. The Labute approximate surface area is 167 Å². The number of amides is 1. The minimum atomic E-state index is -0.379. The van der Waals surface area contributed by atoms with Crippen LogP contribution in [0.3, 0.4) is 0 Å². The van der Waals surface area contributed by atoms with Crippen molar-refractivity contribution in [3.05, 3.63) is 65.1 Å². The van der Waals surface area contributed by atoms with Crippen molar-refractivity contribution in [2.24, 2.45) is 0 Å². The van der Waals surface area contributed by atoms with Crippen LogP contribution in [0.2, 0.25) is 0 Å². The van der Waals surface area contributed by atoms with Crippen molar-refractivity contribution in [2.45, 2.75) is 26.3 Å². The molecule has 29 heavy (non-hydrogen) atoms. The number of phenols is 1. The van der Waals surface area contributed by atoms with Gasteiger partial charge in [-0.15, -0.1) is 0 Å². The summed E-state index contributed by atoms with van der Waals surface area (Å²) in [5.74, 6) is -0.0397. The Bertz CT molecular complexity index is 1050. The van der Waals surface area contributed by atoms with Crippen LogP contribution in [0.1, 0.15) is 47.9 Å². The van der Waals surface area contributed by atoms with Crippen LogP contribution < -0.4 is 4.74 Å². The first kappa shape index (κ1) is 19.0. The van der Waals surface area contributed by atoms with Crippen LogP contribution in [-0.2, 0) is 0 Å². The molecule has 0 bridgehead atoms. The van der Waals surface area contributed by atoms with Crippen LogP contribution in [0.25, 0.3) is 11.3 Å². The number of halogens is 1. The summed E-state index contributed by atoms with van der Waals surface area (Å²) in [6.45, 7) is 4.84. The van der Waals surface area contributed by atoms with Gasteiger partial charge < -0.3 is 14.7 Å². The molecule has 0 aliphatic carbocycles. The van der Waals surface area contributed by atoms with Gasteiger partial charge >= 0.3 is 0 Å². The quantitative estimate of drug-likeness (QED) is 0.653. The van der Waals surface area contributed by atoms with E-state index in [1.807, 2.05) is 13.8 Å². The zero-order valence-electron chi connectivity index (χ0n) is 16.3. The molecule has 1 atom stereocenters. The van der Waals surface area contributed by atoms with Crippen molar-refractivity contribution >= 4 is 5.91 Å². The Morgan fingerprint density at radius 2 is 1.97 bits per heavy atom.